The molecule has 5 nitrogen and oxygen atoms in total. The van der Waals surface area contributed by atoms with Crippen LogP contribution in [-0.4, -0.2) is 31.8 Å². The Balaban J connectivity index is 2.45. The Bertz CT molecular complexity index is 668. The molecule has 1 atom stereocenters. The third-order valence-electron chi connectivity index (χ3n) is 4.24. The first-order valence-corrected chi connectivity index (χ1v) is 8.71. The number of hydrogen-bond donors (Lipinski definition) is 1. The maximum absolute atomic E-state index is 12.6. The molecule has 1 aromatic carbocycles. The van der Waals surface area contributed by atoms with Crippen molar-refractivity contribution in [2.24, 2.45) is 5.14 Å². The monoisotopic (exact) mass is 310 g/mol. The predicted octanol–water partition coefficient (Wildman–Crippen LogP) is 1.97. The summed E-state index contributed by atoms with van der Waals surface area (Å²) >= 11 is 0. The number of primary sulfonamides is 1. The minimum absolute atomic E-state index is 0.0375. The number of sulfonamides is 1. The average molecular weight is 310 g/mol. The highest BCUT2D eigenvalue weighted by molar-refractivity contribution is 7.89. The summed E-state index contributed by atoms with van der Waals surface area (Å²) in [5, 5.41) is 5.25. The highest BCUT2D eigenvalue weighted by atomic mass is 32.2. The molecule has 2 N–H and O–H groups in total. The first-order valence-electron chi connectivity index (χ1n) is 7.17. The second kappa shape index (κ2) is 5.77. The van der Waals surface area contributed by atoms with Gasteiger partial charge in [0.1, 0.15) is 0 Å². The van der Waals surface area contributed by atoms with Crippen LogP contribution in [0.2, 0.25) is 0 Å². The van der Waals surface area contributed by atoms with Crippen LogP contribution in [0.25, 0.3) is 0 Å². The van der Waals surface area contributed by atoms with Crippen LogP contribution in [0, 0.1) is 13.8 Å². The summed E-state index contributed by atoms with van der Waals surface area (Å²) in [5.74, 6) is -0.116. The van der Waals surface area contributed by atoms with Crippen LogP contribution in [0.15, 0.2) is 17.0 Å². The molecule has 0 saturated carbocycles. The van der Waals surface area contributed by atoms with Gasteiger partial charge in [0.15, 0.2) is 0 Å². The van der Waals surface area contributed by atoms with Crippen molar-refractivity contribution in [3.8, 4) is 0 Å². The number of piperidine rings is 1. The van der Waals surface area contributed by atoms with E-state index in [0.717, 1.165) is 31.4 Å². The summed E-state index contributed by atoms with van der Waals surface area (Å²) in [6.07, 6.45) is 3.10. The number of carbonyl (C=O) groups is 1. The lowest BCUT2D eigenvalue weighted by molar-refractivity contribution is 0.0635. The normalized spacial score (nSPS) is 19.6. The highest BCUT2D eigenvalue weighted by Gasteiger charge is 2.26. The van der Waals surface area contributed by atoms with Crippen molar-refractivity contribution in [2.75, 3.05) is 6.54 Å². The predicted molar refractivity (Wildman–Crippen MR) is 81.6 cm³/mol. The number of aryl methyl sites for hydroxylation is 1. The molecule has 116 valence electrons. The molecule has 1 heterocycles. The first-order chi connectivity index (χ1) is 9.71. The lowest BCUT2D eigenvalue weighted by Crippen LogP contribution is -2.42. The van der Waals surface area contributed by atoms with Crippen molar-refractivity contribution in [3.05, 3.63) is 28.8 Å². The van der Waals surface area contributed by atoms with Gasteiger partial charge in [-0.05, 0) is 63.3 Å². The number of rotatable bonds is 2. The lowest BCUT2D eigenvalue weighted by Gasteiger charge is -2.33. The molecule has 1 fully saturated rings. The van der Waals surface area contributed by atoms with Gasteiger partial charge in [-0.15, -0.1) is 0 Å². The number of hydrogen-bond acceptors (Lipinski definition) is 3. The van der Waals surface area contributed by atoms with Crippen molar-refractivity contribution >= 4 is 15.9 Å². The van der Waals surface area contributed by atoms with Crippen LogP contribution in [0.4, 0.5) is 0 Å². The van der Waals surface area contributed by atoms with Gasteiger partial charge in [-0.3, -0.25) is 4.79 Å². The Hall–Kier alpha value is -1.40. The minimum Gasteiger partial charge on any atom is -0.336 e. The van der Waals surface area contributed by atoms with Crippen LogP contribution in [0.5, 0.6) is 0 Å². The molecule has 1 unspecified atom stereocenters. The lowest BCUT2D eigenvalue weighted by atomic mass is 10.0. The van der Waals surface area contributed by atoms with E-state index in [1.54, 1.807) is 19.9 Å². The number of amides is 1. The minimum atomic E-state index is -3.83. The SMILES string of the molecule is Cc1cc(C(=O)N2CCCCC2C)cc(S(N)(=O)=O)c1C. The maximum atomic E-state index is 12.6. The zero-order valence-electron chi connectivity index (χ0n) is 12.7. The van der Waals surface area contributed by atoms with Gasteiger partial charge in [0, 0.05) is 18.2 Å². The van der Waals surface area contributed by atoms with E-state index in [-0.39, 0.29) is 16.8 Å². The maximum Gasteiger partial charge on any atom is 0.254 e. The van der Waals surface area contributed by atoms with Crippen LogP contribution >= 0.6 is 0 Å². The number of nitrogens with zero attached hydrogens (tertiary/aromatic N) is 1. The molecule has 1 amide bonds. The van der Waals surface area contributed by atoms with E-state index in [1.807, 2.05) is 11.8 Å². The van der Waals surface area contributed by atoms with Crippen molar-refractivity contribution in [1.29, 1.82) is 0 Å². The van der Waals surface area contributed by atoms with Gasteiger partial charge in [-0.25, -0.2) is 13.6 Å². The van der Waals surface area contributed by atoms with E-state index in [2.05, 4.69) is 0 Å². The fourth-order valence-electron chi connectivity index (χ4n) is 2.81. The summed E-state index contributed by atoms with van der Waals surface area (Å²) < 4.78 is 23.3. The van der Waals surface area contributed by atoms with Crippen molar-refractivity contribution in [2.45, 2.75) is 51.0 Å². The molecule has 0 spiro atoms. The van der Waals surface area contributed by atoms with Gasteiger partial charge in [0.2, 0.25) is 10.0 Å². The first kappa shape index (κ1) is 16.0. The van der Waals surface area contributed by atoms with Crippen LogP contribution in [0.1, 0.15) is 47.7 Å². The standard InChI is InChI=1S/C15H22N2O3S/c1-10-8-13(9-14(12(10)3)21(16,19)20)15(18)17-7-5-4-6-11(17)2/h8-9,11H,4-7H2,1-3H3,(H2,16,19,20). The van der Waals surface area contributed by atoms with E-state index in [1.165, 1.54) is 6.07 Å². The van der Waals surface area contributed by atoms with Gasteiger partial charge in [-0.2, -0.15) is 0 Å². The number of carbonyl (C=O) groups excluding carboxylic acids is 1. The molecule has 21 heavy (non-hydrogen) atoms. The fraction of sp³-hybridized carbons (Fsp3) is 0.533. The molecule has 0 aliphatic carbocycles. The summed E-state index contributed by atoms with van der Waals surface area (Å²) in [4.78, 5) is 14.5. The third kappa shape index (κ3) is 3.27. The Kier molecular flexibility index (Phi) is 4.39. The van der Waals surface area contributed by atoms with Gasteiger partial charge in [-0.1, -0.05) is 0 Å². The van der Waals surface area contributed by atoms with Crippen molar-refractivity contribution < 1.29 is 13.2 Å². The van der Waals surface area contributed by atoms with Crippen LogP contribution in [0.3, 0.4) is 0 Å². The van der Waals surface area contributed by atoms with Gasteiger partial charge < -0.3 is 4.90 Å². The molecule has 1 aromatic rings. The largest absolute Gasteiger partial charge is 0.336 e. The Labute approximate surface area is 126 Å². The molecular weight excluding hydrogens is 288 g/mol. The van der Waals surface area contributed by atoms with Crippen LogP contribution in [-0.2, 0) is 10.0 Å². The van der Waals surface area contributed by atoms with E-state index in [0.29, 0.717) is 11.1 Å². The topological polar surface area (TPSA) is 80.5 Å². The average Bonchev–Trinajstić information content (AvgIpc) is 2.40. The van der Waals surface area contributed by atoms with Crippen molar-refractivity contribution in [3.63, 3.8) is 0 Å². The van der Waals surface area contributed by atoms with Gasteiger partial charge in [0.25, 0.3) is 5.91 Å². The zero-order valence-corrected chi connectivity index (χ0v) is 13.5. The number of likely N-dealkylation sites (tertiary alicyclic amines) is 1. The van der Waals surface area contributed by atoms with E-state index in [9.17, 15) is 13.2 Å². The summed E-state index contributed by atoms with van der Waals surface area (Å²) in [7, 11) is -3.83. The fourth-order valence-corrected chi connectivity index (χ4v) is 3.69. The third-order valence-corrected chi connectivity index (χ3v) is 5.27. The molecule has 1 aliphatic rings. The Morgan fingerprint density at radius 1 is 1.29 bits per heavy atom. The Morgan fingerprint density at radius 2 is 1.95 bits per heavy atom. The van der Waals surface area contributed by atoms with Crippen molar-refractivity contribution in [1.82, 2.24) is 4.90 Å². The van der Waals surface area contributed by atoms with E-state index in [4.69, 9.17) is 5.14 Å². The molecule has 0 radical (unpaired) electrons. The van der Waals surface area contributed by atoms with Crippen LogP contribution < -0.4 is 5.14 Å². The Morgan fingerprint density at radius 3 is 2.52 bits per heavy atom. The molecule has 2 rings (SSSR count). The summed E-state index contributed by atoms with van der Waals surface area (Å²) in [5.41, 5.74) is 1.76. The molecule has 0 aromatic heterocycles. The number of nitrogens with two attached hydrogens (primary N) is 1. The summed E-state index contributed by atoms with van der Waals surface area (Å²) in [6, 6.07) is 3.33. The highest BCUT2D eigenvalue weighted by Crippen LogP contribution is 2.24. The molecular formula is C15H22N2O3S. The summed E-state index contributed by atoms with van der Waals surface area (Å²) in [6.45, 7) is 6.24. The molecule has 0 bridgehead atoms. The molecule has 1 saturated heterocycles. The second-order valence-electron chi connectivity index (χ2n) is 5.80. The second-order valence-corrected chi connectivity index (χ2v) is 7.33. The quantitative estimate of drug-likeness (QED) is 0.906. The van der Waals surface area contributed by atoms with E-state index < -0.39 is 10.0 Å². The van der Waals surface area contributed by atoms with Gasteiger partial charge in [0.05, 0.1) is 4.90 Å². The van der Waals surface area contributed by atoms with Gasteiger partial charge >= 0.3 is 0 Å². The smallest absolute Gasteiger partial charge is 0.254 e. The van der Waals surface area contributed by atoms with E-state index >= 15 is 0 Å². The molecule has 6 heteroatoms. The number of benzene rings is 1. The zero-order chi connectivity index (χ0) is 15.8. The molecule has 1 aliphatic heterocycles.